The van der Waals surface area contributed by atoms with Gasteiger partial charge in [-0.25, -0.2) is 0 Å². The Morgan fingerprint density at radius 2 is 1.79 bits per heavy atom. The van der Waals surface area contributed by atoms with Crippen LogP contribution in [0.15, 0.2) is 71.5 Å². The van der Waals surface area contributed by atoms with Crippen molar-refractivity contribution in [3.05, 3.63) is 88.2 Å². The van der Waals surface area contributed by atoms with E-state index in [4.69, 9.17) is 9.47 Å². The number of fused-ring (bicyclic) bond motifs is 3. The Bertz CT molecular complexity index is 1120. The molecule has 2 fully saturated rings. The number of hydrogen-bond acceptors (Lipinski definition) is 5. The molecule has 0 amide bonds. The van der Waals surface area contributed by atoms with E-state index in [-0.39, 0.29) is 5.92 Å². The summed E-state index contributed by atoms with van der Waals surface area (Å²) in [6.07, 6.45) is 7.51. The van der Waals surface area contributed by atoms with Gasteiger partial charge in [-0.05, 0) is 56.0 Å². The third kappa shape index (κ3) is 3.65. The molecule has 1 aromatic heterocycles. The van der Waals surface area contributed by atoms with Crippen LogP contribution in [0.3, 0.4) is 0 Å². The first-order valence-corrected chi connectivity index (χ1v) is 12.2. The molecule has 2 saturated carbocycles. The van der Waals surface area contributed by atoms with Crippen LogP contribution in [0.1, 0.15) is 48.3 Å². The second kappa shape index (κ2) is 8.75. The highest BCUT2D eigenvalue weighted by Gasteiger charge is 2.69. The minimum Gasteiger partial charge on any atom is -0.495 e. The van der Waals surface area contributed by atoms with Crippen molar-refractivity contribution in [1.82, 2.24) is 10.3 Å². The summed E-state index contributed by atoms with van der Waals surface area (Å²) < 4.78 is 13.2. The number of aliphatic hydroxyl groups is 1. The molecule has 3 atom stereocenters. The second-order valence-electron chi connectivity index (χ2n) is 8.98. The van der Waals surface area contributed by atoms with Gasteiger partial charge in [-0.1, -0.05) is 58.4 Å². The monoisotopic (exact) mass is 508 g/mol. The van der Waals surface area contributed by atoms with E-state index in [1.807, 2.05) is 49.5 Å². The number of pyridine rings is 1. The number of nitrogens with one attached hydrogen (secondary N) is 1. The maximum Gasteiger partial charge on any atom is 0.174 e. The molecular weight excluding hydrogens is 480 g/mol. The number of aromatic nitrogens is 1. The maximum atomic E-state index is 12.2. The SMILES string of the molecule is CNC1CC1.COc1cncc2c1C1(O)CCC(c3ccccc3)C1(c1ccc(Br)cc1)O2. The number of methoxy groups -OCH3 is 1. The Morgan fingerprint density at radius 1 is 1.06 bits per heavy atom. The highest BCUT2D eigenvalue weighted by Crippen LogP contribution is 2.67. The molecule has 0 bridgehead atoms. The summed E-state index contributed by atoms with van der Waals surface area (Å²) in [6, 6.07) is 19.2. The third-order valence-corrected chi connectivity index (χ3v) is 7.67. The summed E-state index contributed by atoms with van der Waals surface area (Å²) in [5.74, 6) is 1.15. The second-order valence-corrected chi connectivity index (χ2v) is 9.90. The molecule has 172 valence electrons. The molecule has 3 unspecified atom stereocenters. The lowest BCUT2D eigenvalue weighted by atomic mass is 9.72. The van der Waals surface area contributed by atoms with Crippen LogP contribution in [0.25, 0.3) is 0 Å². The lowest BCUT2D eigenvalue weighted by Gasteiger charge is -2.40. The van der Waals surface area contributed by atoms with E-state index < -0.39 is 11.2 Å². The molecule has 2 heterocycles. The first kappa shape index (κ1) is 22.4. The average molecular weight is 509 g/mol. The van der Waals surface area contributed by atoms with E-state index in [0.717, 1.165) is 28.1 Å². The van der Waals surface area contributed by atoms with Gasteiger partial charge in [0.1, 0.15) is 17.1 Å². The Morgan fingerprint density at radius 3 is 2.39 bits per heavy atom. The minimum atomic E-state index is -1.20. The minimum absolute atomic E-state index is 0.00279. The molecule has 2 aliphatic carbocycles. The van der Waals surface area contributed by atoms with E-state index in [9.17, 15) is 5.11 Å². The van der Waals surface area contributed by atoms with Crippen LogP contribution in [-0.4, -0.2) is 30.3 Å². The number of ether oxygens (including phenoxy) is 2. The summed E-state index contributed by atoms with van der Waals surface area (Å²) in [4.78, 5) is 4.25. The fraction of sp³-hybridized carbons (Fsp3) is 0.370. The van der Waals surface area contributed by atoms with Crippen molar-refractivity contribution < 1.29 is 14.6 Å². The van der Waals surface area contributed by atoms with Gasteiger partial charge in [0.2, 0.25) is 0 Å². The molecule has 3 aromatic rings. The van der Waals surface area contributed by atoms with Gasteiger partial charge in [0.15, 0.2) is 5.60 Å². The summed E-state index contributed by atoms with van der Waals surface area (Å²) in [5, 5.41) is 15.3. The molecule has 6 heteroatoms. The summed E-state index contributed by atoms with van der Waals surface area (Å²) in [6.45, 7) is 0. The van der Waals surface area contributed by atoms with Crippen LogP contribution in [0.4, 0.5) is 0 Å². The zero-order valence-corrected chi connectivity index (χ0v) is 20.5. The average Bonchev–Trinajstić information content (AvgIpc) is 3.59. The van der Waals surface area contributed by atoms with Crippen LogP contribution >= 0.6 is 15.9 Å². The molecule has 0 radical (unpaired) electrons. The number of halogens is 1. The lowest BCUT2D eigenvalue weighted by Crippen LogP contribution is -2.48. The van der Waals surface area contributed by atoms with Crippen molar-refractivity contribution in [2.45, 2.75) is 48.8 Å². The van der Waals surface area contributed by atoms with Crippen molar-refractivity contribution >= 4 is 15.9 Å². The van der Waals surface area contributed by atoms with Gasteiger partial charge in [-0.15, -0.1) is 0 Å². The van der Waals surface area contributed by atoms with Gasteiger partial charge in [-0.2, -0.15) is 0 Å². The quantitative estimate of drug-likeness (QED) is 0.502. The Labute approximate surface area is 203 Å². The van der Waals surface area contributed by atoms with Crippen LogP contribution in [0, 0.1) is 0 Å². The van der Waals surface area contributed by atoms with Crippen LogP contribution < -0.4 is 14.8 Å². The van der Waals surface area contributed by atoms with Gasteiger partial charge in [0.05, 0.1) is 25.1 Å². The zero-order chi connectivity index (χ0) is 23.1. The Balaban J connectivity index is 0.000000406. The molecule has 0 spiro atoms. The summed E-state index contributed by atoms with van der Waals surface area (Å²) >= 11 is 3.52. The van der Waals surface area contributed by atoms with E-state index >= 15 is 0 Å². The molecule has 2 aromatic carbocycles. The predicted octanol–water partition coefficient (Wildman–Crippen LogP) is 5.27. The van der Waals surface area contributed by atoms with Crippen molar-refractivity contribution in [3.8, 4) is 11.5 Å². The number of hydrogen-bond donors (Lipinski definition) is 2. The maximum absolute atomic E-state index is 12.2. The van der Waals surface area contributed by atoms with Crippen LogP contribution in [0.5, 0.6) is 11.5 Å². The van der Waals surface area contributed by atoms with Crippen molar-refractivity contribution in [1.29, 1.82) is 0 Å². The van der Waals surface area contributed by atoms with Gasteiger partial charge in [0, 0.05) is 16.4 Å². The molecule has 0 saturated heterocycles. The molecule has 6 rings (SSSR count). The number of nitrogens with zero attached hydrogens (tertiary/aromatic N) is 1. The summed E-state index contributed by atoms with van der Waals surface area (Å²) in [5.41, 5.74) is 0.661. The largest absolute Gasteiger partial charge is 0.495 e. The highest BCUT2D eigenvalue weighted by molar-refractivity contribution is 9.10. The lowest BCUT2D eigenvalue weighted by molar-refractivity contribution is -0.106. The third-order valence-electron chi connectivity index (χ3n) is 7.14. The van der Waals surface area contributed by atoms with Crippen molar-refractivity contribution in [3.63, 3.8) is 0 Å². The zero-order valence-electron chi connectivity index (χ0n) is 18.9. The van der Waals surface area contributed by atoms with E-state index in [1.165, 1.54) is 12.8 Å². The van der Waals surface area contributed by atoms with Crippen molar-refractivity contribution in [2.24, 2.45) is 0 Å². The van der Waals surface area contributed by atoms with Gasteiger partial charge in [-0.3, -0.25) is 4.98 Å². The Hall–Kier alpha value is -2.41. The molecule has 1 aliphatic heterocycles. The first-order valence-electron chi connectivity index (χ1n) is 11.5. The van der Waals surface area contributed by atoms with Gasteiger partial charge in [0.25, 0.3) is 0 Å². The molecular formula is C27H29BrN2O3. The fourth-order valence-electron chi connectivity index (χ4n) is 5.39. The number of benzene rings is 2. The van der Waals surface area contributed by atoms with Crippen LogP contribution in [0.2, 0.25) is 0 Å². The van der Waals surface area contributed by atoms with Crippen LogP contribution in [-0.2, 0) is 11.2 Å². The van der Waals surface area contributed by atoms with Gasteiger partial charge >= 0.3 is 0 Å². The van der Waals surface area contributed by atoms with E-state index in [2.05, 4.69) is 38.4 Å². The first-order chi connectivity index (χ1) is 16.0. The predicted molar refractivity (Wildman–Crippen MR) is 132 cm³/mol. The van der Waals surface area contributed by atoms with E-state index in [1.54, 1.807) is 19.5 Å². The topological polar surface area (TPSA) is 63.6 Å². The van der Waals surface area contributed by atoms with E-state index in [0.29, 0.717) is 23.5 Å². The smallest absolute Gasteiger partial charge is 0.174 e. The standard InChI is InChI=1S/C23H20BrNO3.C4H9N/c1-27-19-13-25-14-20-21(19)22(26)12-11-18(15-5-3-2-4-6-15)23(22,28-20)16-7-9-17(24)10-8-16;1-5-4-2-3-4/h2-10,13-14,18,26H,11-12H2,1H3;4-5H,2-3H2,1H3. The normalized spacial score (nSPS) is 27.1. The fourth-order valence-corrected chi connectivity index (χ4v) is 5.65. The molecule has 5 nitrogen and oxygen atoms in total. The highest BCUT2D eigenvalue weighted by atomic mass is 79.9. The van der Waals surface area contributed by atoms with Crippen molar-refractivity contribution in [2.75, 3.05) is 14.2 Å². The number of rotatable bonds is 4. The Kier molecular flexibility index (Phi) is 5.93. The molecule has 3 aliphatic rings. The molecule has 2 N–H and O–H groups in total. The van der Waals surface area contributed by atoms with Gasteiger partial charge < -0.3 is 19.9 Å². The molecule has 33 heavy (non-hydrogen) atoms. The summed E-state index contributed by atoms with van der Waals surface area (Å²) in [7, 11) is 3.61.